The molecule has 2 rings (SSSR count). The molecule has 0 amide bonds. The van der Waals surface area contributed by atoms with Crippen LogP contribution in [0.1, 0.15) is 18.4 Å². The Morgan fingerprint density at radius 1 is 1.21 bits per heavy atom. The van der Waals surface area contributed by atoms with Gasteiger partial charge in [-0.05, 0) is 30.9 Å². The van der Waals surface area contributed by atoms with Crippen molar-refractivity contribution in [1.29, 1.82) is 0 Å². The Balaban J connectivity index is 1.92. The monoisotopic (exact) mass is 281 g/mol. The van der Waals surface area contributed by atoms with Gasteiger partial charge >= 0.3 is 0 Å². The number of fused-ring (bicyclic) bond motifs is 1. The summed E-state index contributed by atoms with van der Waals surface area (Å²) < 4.78 is 28.5. The van der Waals surface area contributed by atoms with Gasteiger partial charge < -0.3 is 4.57 Å². The normalized spacial score (nSPS) is 12.1. The molecule has 0 N–H and O–H groups in total. The first-order valence-corrected chi connectivity index (χ1v) is 8.16. The van der Waals surface area contributed by atoms with Crippen molar-refractivity contribution < 1.29 is 12.6 Å². The topological polar surface area (TPSA) is 48.3 Å². The van der Waals surface area contributed by atoms with Crippen molar-refractivity contribution in [2.45, 2.75) is 19.3 Å². The summed E-state index contributed by atoms with van der Waals surface area (Å²) in [6, 6.07) is 8.30. The van der Waals surface area contributed by atoms with Gasteiger partial charge in [0.15, 0.2) is 0 Å². The lowest BCUT2D eigenvalue weighted by Gasteiger charge is -2.01. The summed E-state index contributed by atoms with van der Waals surface area (Å²) in [5, 5.41) is 1.27. The van der Waals surface area contributed by atoms with Crippen molar-refractivity contribution in [1.82, 2.24) is 4.57 Å². The molecule has 0 saturated carbocycles. The molecule has 0 unspecified atom stereocenters. The summed E-state index contributed by atoms with van der Waals surface area (Å²) in [4.78, 5) is 0. The van der Waals surface area contributed by atoms with E-state index in [0.717, 1.165) is 25.5 Å². The van der Waals surface area contributed by atoms with Crippen LogP contribution in [-0.2, 0) is 27.8 Å². The van der Waals surface area contributed by atoms with Gasteiger partial charge in [0.2, 0.25) is 0 Å². The third-order valence-corrected chi connectivity index (χ3v) is 3.71. The third kappa shape index (κ3) is 3.81. The molecule has 5 heteroatoms. The highest BCUT2D eigenvalue weighted by Gasteiger charge is 2.06. The van der Waals surface area contributed by atoms with Crippen LogP contribution < -0.4 is 0 Å². The number of aryl methyl sites for hydroxylation is 2. The van der Waals surface area contributed by atoms with Crippen LogP contribution in [0, 0.1) is 0 Å². The predicted octanol–water partition coefficient (Wildman–Crippen LogP) is 2.48. The average Bonchev–Trinajstić information content (AvgIpc) is 2.65. The third-order valence-electron chi connectivity index (χ3n) is 3.12. The molecule has 1 aromatic heterocycles. The van der Waals surface area contributed by atoms with Gasteiger partial charge in [-0.3, -0.25) is 4.18 Å². The summed E-state index contributed by atoms with van der Waals surface area (Å²) in [5.74, 6) is 0. The van der Waals surface area contributed by atoms with Crippen molar-refractivity contribution >= 4 is 21.0 Å². The van der Waals surface area contributed by atoms with Crippen LogP contribution in [-0.4, -0.2) is 25.8 Å². The first kappa shape index (κ1) is 14.1. The second kappa shape index (κ2) is 5.75. The lowest BCUT2D eigenvalue weighted by Crippen LogP contribution is -2.04. The molecule has 4 nitrogen and oxygen atoms in total. The van der Waals surface area contributed by atoms with Crippen molar-refractivity contribution in [3.8, 4) is 0 Å². The Kier molecular flexibility index (Phi) is 4.27. The summed E-state index contributed by atoms with van der Waals surface area (Å²) in [6.07, 6.45) is 5.83. The first-order valence-electron chi connectivity index (χ1n) is 6.35. The zero-order chi connectivity index (χ0) is 13.9. The number of nitrogens with zero attached hydrogens (tertiary/aromatic N) is 1. The number of aromatic nitrogens is 1. The minimum absolute atomic E-state index is 0.267. The molecule has 0 atom stereocenters. The SMILES string of the molecule is Cn1cc(CCCCOS(C)(=O)=O)c2ccccc21. The molecule has 0 aliphatic carbocycles. The highest BCUT2D eigenvalue weighted by molar-refractivity contribution is 7.85. The first-order chi connectivity index (χ1) is 8.97. The Labute approximate surface area is 114 Å². The minimum Gasteiger partial charge on any atom is -0.350 e. The van der Waals surface area contributed by atoms with E-state index >= 15 is 0 Å². The zero-order valence-electron chi connectivity index (χ0n) is 11.3. The Hall–Kier alpha value is -1.33. The summed E-state index contributed by atoms with van der Waals surface area (Å²) >= 11 is 0. The maximum absolute atomic E-state index is 10.8. The fourth-order valence-electron chi connectivity index (χ4n) is 2.25. The number of rotatable bonds is 6. The molecule has 0 radical (unpaired) electrons. The molecule has 19 heavy (non-hydrogen) atoms. The standard InChI is InChI=1S/C14H19NO3S/c1-15-11-12(13-8-3-4-9-14(13)15)7-5-6-10-18-19(2,16)17/h3-4,8-9,11H,5-7,10H2,1-2H3. The number of unbranched alkanes of at least 4 members (excludes halogenated alkanes) is 1. The maximum Gasteiger partial charge on any atom is 0.264 e. The van der Waals surface area contributed by atoms with E-state index in [2.05, 4.69) is 22.9 Å². The molecular formula is C14H19NO3S. The van der Waals surface area contributed by atoms with Gasteiger partial charge in [-0.15, -0.1) is 0 Å². The molecule has 0 aliphatic rings. The van der Waals surface area contributed by atoms with Crippen LogP contribution in [0.5, 0.6) is 0 Å². The zero-order valence-corrected chi connectivity index (χ0v) is 12.1. The molecule has 0 bridgehead atoms. The Bertz CT molecular complexity index is 658. The smallest absolute Gasteiger partial charge is 0.264 e. The summed E-state index contributed by atoms with van der Waals surface area (Å²) in [6.45, 7) is 0.267. The van der Waals surface area contributed by atoms with Crippen LogP contribution in [0.3, 0.4) is 0 Å². The second-order valence-electron chi connectivity index (χ2n) is 4.77. The van der Waals surface area contributed by atoms with Crippen LogP contribution in [0.15, 0.2) is 30.5 Å². The van der Waals surface area contributed by atoms with Gasteiger partial charge in [0.25, 0.3) is 10.1 Å². The highest BCUT2D eigenvalue weighted by Crippen LogP contribution is 2.21. The van der Waals surface area contributed by atoms with Crippen molar-refractivity contribution in [2.75, 3.05) is 12.9 Å². The molecule has 0 saturated heterocycles. The van der Waals surface area contributed by atoms with Gasteiger partial charge in [0.1, 0.15) is 0 Å². The predicted molar refractivity (Wildman–Crippen MR) is 76.7 cm³/mol. The van der Waals surface area contributed by atoms with E-state index in [1.165, 1.54) is 16.5 Å². The average molecular weight is 281 g/mol. The maximum atomic E-state index is 10.8. The fourth-order valence-corrected chi connectivity index (χ4v) is 2.67. The summed E-state index contributed by atoms with van der Waals surface area (Å²) in [7, 11) is -1.26. The van der Waals surface area contributed by atoms with E-state index < -0.39 is 10.1 Å². The number of hydrogen-bond acceptors (Lipinski definition) is 3. The molecule has 1 aromatic carbocycles. The van der Waals surface area contributed by atoms with Crippen molar-refractivity contribution in [3.63, 3.8) is 0 Å². The fraction of sp³-hybridized carbons (Fsp3) is 0.429. The van der Waals surface area contributed by atoms with Gasteiger partial charge in [0.05, 0.1) is 12.9 Å². The largest absolute Gasteiger partial charge is 0.350 e. The van der Waals surface area contributed by atoms with E-state index in [1.54, 1.807) is 0 Å². The second-order valence-corrected chi connectivity index (χ2v) is 6.41. The molecule has 104 valence electrons. The van der Waals surface area contributed by atoms with Gasteiger partial charge in [-0.2, -0.15) is 8.42 Å². The molecule has 0 spiro atoms. The van der Waals surface area contributed by atoms with Crippen molar-refractivity contribution in [2.24, 2.45) is 7.05 Å². The van der Waals surface area contributed by atoms with E-state index in [-0.39, 0.29) is 6.61 Å². The number of hydrogen-bond donors (Lipinski definition) is 0. The molecule has 1 heterocycles. The van der Waals surface area contributed by atoms with Gasteiger partial charge in [-0.25, -0.2) is 0 Å². The molecule has 0 fully saturated rings. The summed E-state index contributed by atoms with van der Waals surface area (Å²) in [5.41, 5.74) is 2.53. The van der Waals surface area contributed by atoms with Crippen molar-refractivity contribution in [3.05, 3.63) is 36.0 Å². The van der Waals surface area contributed by atoms with Crippen LogP contribution >= 0.6 is 0 Å². The van der Waals surface area contributed by atoms with Crippen LogP contribution in [0.2, 0.25) is 0 Å². The van der Waals surface area contributed by atoms with Crippen LogP contribution in [0.25, 0.3) is 10.9 Å². The molecule has 2 aromatic rings. The van der Waals surface area contributed by atoms with E-state index in [1.807, 2.05) is 19.2 Å². The lowest BCUT2D eigenvalue weighted by molar-refractivity contribution is 0.312. The quantitative estimate of drug-likeness (QED) is 0.603. The minimum atomic E-state index is -3.30. The van der Waals surface area contributed by atoms with Crippen LogP contribution in [0.4, 0.5) is 0 Å². The Morgan fingerprint density at radius 3 is 2.68 bits per heavy atom. The van der Waals surface area contributed by atoms with E-state index in [4.69, 9.17) is 4.18 Å². The van der Waals surface area contributed by atoms with E-state index in [9.17, 15) is 8.42 Å². The molecular weight excluding hydrogens is 262 g/mol. The van der Waals surface area contributed by atoms with Gasteiger partial charge in [-0.1, -0.05) is 18.2 Å². The number of para-hydroxylation sites is 1. The Morgan fingerprint density at radius 2 is 1.95 bits per heavy atom. The lowest BCUT2D eigenvalue weighted by atomic mass is 10.1. The number of benzene rings is 1. The van der Waals surface area contributed by atoms with E-state index in [0.29, 0.717) is 0 Å². The highest BCUT2D eigenvalue weighted by atomic mass is 32.2. The van der Waals surface area contributed by atoms with Gasteiger partial charge in [0, 0.05) is 24.1 Å². The molecule has 0 aliphatic heterocycles.